The number of hydrogen-bond donors (Lipinski definition) is 1. The Morgan fingerprint density at radius 2 is 2.24 bits per heavy atom. The number of carbonyl (C=O) groups is 1. The monoisotopic (exact) mass is 239 g/mol. The molecule has 17 heavy (non-hydrogen) atoms. The van der Waals surface area contributed by atoms with E-state index in [1.54, 1.807) is 0 Å². The number of carboxylic acid groups (broad SMARTS) is 1. The Balaban J connectivity index is 2.98. The smallest absolute Gasteiger partial charge is 0.339 e. The van der Waals surface area contributed by atoms with Crippen molar-refractivity contribution in [3.63, 3.8) is 0 Å². The number of nitro benzene ring substituents is 1. The normalized spacial score (nSPS) is 9.94. The summed E-state index contributed by atoms with van der Waals surface area (Å²) in [5.74, 6) is -1.12. The van der Waals surface area contributed by atoms with E-state index in [-0.39, 0.29) is 17.0 Å². The molecule has 0 aliphatic heterocycles. The van der Waals surface area contributed by atoms with Crippen LogP contribution in [0.5, 0.6) is 5.75 Å². The number of ether oxygens (including phenoxy) is 1. The lowest BCUT2D eigenvalue weighted by Gasteiger charge is -2.08. The SMILES string of the molecule is CCCCOc1cc([N+](=O)[O-])ccc1C(=O)O. The van der Waals surface area contributed by atoms with Gasteiger partial charge in [-0.3, -0.25) is 10.1 Å². The van der Waals surface area contributed by atoms with Crippen LogP contribution in [0.25, 0.3) is 0 Å². The van der Waals surface area contributed by atoms with Gasteiger partial charge in [-0.1, -0.05) is 13.3 Å². The van der Waals surface area contributed by atoms with Gasteiger partial charge in [0.2, 0.25) is 0 Å². The van der Waals surface area contributed by atoms with Crippen LogP contribution in [0.15, 0.2) is 18.2 Å². The Kier molecular flexibility index (Phi) is 4.45. The molecule has 0 saturated carbocycles. The van der Waals surface area contributed by atoms with E-state index in [1.165, 1.54) is 6.07 Å². The van der Waals surface area contributed by atoms with E-state index in [4.69, 9.17) is 9.84 Å². The van der Waals surface area contributed by atoms with Crippen molar-refractivity contribution >= 4 is 11.7 Å². The lowest BCUT2D eigenvalue weighted by Crippen LogP contribution is -2.05. The summed E-state index contributed by atoms with van der Waals surface area (Å²) in [6.45, 7) is 2.31. The van der Waals surface area contributed by atoms with Gasteiger partial charge in [0.1, 0.15) is 11.3 Å². The average molecular weight is 239 g/mol. The van der Waals surface area contributed by atoms with Crippen molar-refractivity contribution in [3.05, 3.63) is 33.9 Å². The number of aromatic carboxylic acids is 1. The minimum absolute atomic E-state index is 0.0418. The van der Waals surface area contributed by atoms with Gasteiger partial charge in [-0.2, -0.15) is 0 Å². The summed E-state index contributed by atoms with van der Waals surface area (Å²) < 4.78 is 5.24. The summed E-state index contributed by atoms with van der Waals surface area (Å²) in [7, 11) is 0. The van der Waals surface area contributed by atoms with E-state index in [1.807, 2.05) is 6.92 Å². The molecule has 0 unspecified atom stereocenters. The average Bonchev–Trinajstić information content (AvgIpc) is 2.28. The second kappa shape index (κ2) is 5.83. The van der Waals surface area contributed by atoms with Crippen molar-refractivity contribution in [1.82, 2.24) is 0 Å². The van der Waals surface area contributed by atoms with Crippen LogP contribution in [-0.4, -0.2) is 22.6 Å². The van der Waals surface area contributed by atoms with Crippen LogP contribution in [0.4, 0.5) is 5.69 Å². The van der Waals surface area contributed by atoms with Gasteiger partial charge in [-0.15, -0.1) is 0 Å². The van der Waals surface area contributed by atoms with E-state index < -0.39 is 10.9 Å². The molecule has 0 heterocycles. The van der Waals surface area contributed by atoms with Crippen LogP contribution in [0, 0.1) is 10.1 Å². The third-order valence-corrected chi connectivity index (χ3v) is 2.16. The van der Waals surface area contributed by atoms with Gasteiger partial charge in [0.15, 0.2) is 0 Å². The number of nitro groups is 1. The summed E-state index contributed by atoms with van der Waals surface area (Å²) in [6.07, 6.45) is 1.67. The van der Waals surface area contributed by atoms with Gasteiger partial charge in [0.25, 0.3) is 5.69 Å². The van der Waals surface area contributed by atoms with Crippen molar-refractivity contribution < 1.29 is 19.6 Å². The zero-order valence-electron chi connectivity index (χ0n) is 9.38. The molecule has 1 N–H and O–H groups in total. The maximum absolute atomic E-state index is 10.9. The number of nitrogens with zero attached hydrogens (tertiary/aromatic N) is 1. The minimum atomic E-state index is -1.16. The maximum atomic E-state index is 10.9. The first-order chi connectivity index (χ1) is 8.06. The highest BCUT2D eigenvalue weighted by Crippen LogP contribution is 2.25. The van der Waals surface area contributed by atoms with Crippen LogP contribution in [-0.2, 0) is 0 Å². The number of non-ortho nitro benzene ring substituents is 1. The molecule has 0 aliphatic carbocycles. The van der Waals surface area contributed by atoms with Crippen molar-refractivity contribution in [2.24, 2.45) is 0 Å². The third kappa shape index (κ3) is 3.44. The van der Waals surface area contributed by atoms with Gasteiger partial charge in [-0.25, -0.2) is 4.79 Å². The van der Waals surface area contributed by atoms with Crippen molar-refractivity contribution in [1.29, 1.82) is 0 Å². The molecule has 0 amide bonds. The Labute approximate surface area is 98.0 Å². The Bertz CT molecular complexity index is 430. The number of carboxylic acids is 1. The first-order valence-corrected chi connectivity index (χ1v) is 5.20. The predicted molar refractivity (Wildman–Crippen MR) is 60.5 cm³/mol. The van der Waals surface area contributed by atoms with E-state index in [9.17, 15) is 14.9 Å². The second-order valence-electron chi connectivity index (χ2n) is 3.44. The highest BCUT2D eigenvalue weighted by Gasteiger charge is 2.16. The second-order valence-corrected chi connectivity index (χ2v) is 3.44. The first-order valence-electron chi connectivity index (χ1n) is 5.20. The van der Waals surface area contributed by atoms with Crippen LogP contribution < -0.4 is 4.74 Å². The zero-order valence-corrected chi connectivity index (χ0v) is 9.38. The number of hydrogen-bond acceptors (Lipinski definition) is 4. The van der Waals surface area contributed by atoms with Crippen molar-refractivity contribution in [2.75, 3.05) is 6.61 Å². The number of benzene rings is 1. The van der Waals surface area contributed by atoms with Gasteiger partial charge >= 0.3 is 5.97 Å². The Morgan fingerprint density at radius 3 is 2.76 bits per heavy atom. The largest absolute Gasteiger partial charge is 0.492 e. The molecule has 0 bridgehead atoms. The fourth-order valence-electron chi connectivity index (χ4n) is 1.25. The number of unbranched alkanes of at least 4 members (excludes halogenated alkanes) is 1. The highest BCUT2D eigenvalue weighted by molar-refractivity contribution is 5.91. The standard InChI is InChI=1S/C11H13NO5/c1-2-3-6-17-10-7-8(12(15)16)4-5-9(10)11(13)14/h4-5,7H,2-3,6H2,1H3,(H,13,14). The first kappa shape index (κ1) is 13.0. The molecule has 1 rings (SSSR count). The van der Waals surface area contributed by atoms with E-state index in [2.05, 4.69) is 0 Å². The molecule has 6 nitrogen and oxygen atoms in total. The van der Waals surface area contributed by atoms with Gasteiger partial charge in [0, 0.05) is 6.07 Å². The molecular weight excluding hydrogens is 226 g/mol. The Hall–Kier alpha value is -2.11. The molecular formula is C11H13NO5. The lowest BCUT2D eigenvalue weighted by molar-refractivity contribution is -0.384. The summed E-state index contributed by atoms with van der Waals surface area (Å²) in [6, 6.07) is 3.47. The molecule has 0 atom stereocenters. The zero-order chi connectivity index (χ0) is 12.8. The predicted octanol–water partition coefficient (Wildman–Crippen LogP) is 2.47. The van der Waals surface area contributed by atoms with Crippen molar-refractivity contribution in [2.45, 2.75) is 19.8 Å². The molecule has 6 heteroatoms. The molecule has 1 aromatic rings. The fraction of sp³-hybridized carbons (Fsp3) is 0.364. The molecule has 0 saturated heterocycles. The summed E-state index contributed by atoms with van der Waals surface area (Å²) in [4.78, 5) is 20.9. The van der Waals surface area contributed by atoms with Crippen LogP contribution in [0.1, 0.15) is 30.1 Å². The van der Waals surface area contributed by atoms with E-state index >= 15 is 0 Å². The third-order valence-electron chi connectivity index (χ3n) is 2.16. The number of rotatable bonds is 6. The van der Waals surface area contributed by atoms with Crippen molar-refractivity contribution in [3.8, 4) is 5.75 Å². The molecule has 1 aromatic carbocycles. The van der Waals surface area contributed by atoms with E-state index in [0.717, 1.165) is 25.0 Å². The van der Waals surface area contributed by atoms with Gasteiger partial charge in [-0.05, 0) is 12.5 Å². The molecule has 0 radical (unpaired) electrons. The highest BCUT2D eigenvalue weighted by atomic mass is 16.6. The van der Waals surface area contributed by atoms with Crippen LogP contribution in [0.3, 0.4) is 0 Å². The summed E-state index contributed by atoms with van der Waals surface area (Å²) in [5.41, 5.74) is -0.242. The maximum Gasteiger partial charge on any atom is 0.339 e. The molecule has 92 valence electrons. The minimum Gasteiger partial charge on any atom is -0.492 e. The lowest BCUT2D eigenvalue weighted by atomic mass is 10.2. The summed E-state index contributed by atoms with van der Waals surface area (Å²) in [5, 5.41) is 19.5. The molecule has 0 spiro atoms. The quantitative estimate of drug-likeness (QED) is 0.468. The molecule has 0 aromatic heterocycles. The Morgan fingerprint density at radius 1 is 1.53 bits per heavy atom. The molecule has 0 aliphatic rings. The molecule has 0 fully saturated rings. The van der Waals surface area contributed by atoms with Gasteiger partial charge in [0.05, 0.1) is 17.6 Å². The fourth-order valence-corrected chi connectivity index (χ4v) is 1.25. The van der Waals surface area contributed by atoms with Gasteiger partial charge < -0.3 is 9.84 Å². The topological polar surface area (TPSA) is 89.7 Å². The van der Waals surface area contributed by atoms with Crippen LogP contribution >= 0.6 is 0 Å². The summed E-state index contributed by atoms with van der Waals surface area (Å²) >= 11 is 0. The van der Waals surface area contributed by atoms with E-state index in [0.29, 0.717) is 6.61 Å². The van der Waals surface area contributed by atoms with Crippen LogP contribution in [0.2, 0.25) is 0 Å².